The van der Waals surface area contributed by atoms with Gasteiger partial charge in [-0.15, -0.1) is 0 Å². The maximum Gasteiger partial charge on any atom is 0.334 e. The Labute approximate surface area is 122 Å². The van der Waals surface area contributed by atoms with Crippen LogP contribution in [0.25, 0.3) is 0 Å². The van der Waals surface area contributed by atoms with Gasteiger partial charge in [0.15, 0.2) is 5.78 Å². The number of carbonyl (C=O) groups excluding carboxylic acids is 1. The zero-order valence-electron chi connectivity index (χ0n) is 11.7. The van der Waals surface area contributed by atoms with E-state index in [0.717, 1.165) is 24.1 Å². The zero-order chi connectivity index (χ0) is 15.0. The molecule has 2 N–H and O–H groups in total. The van der Waals surface area contributed by atoms with Crippen LogP contribution in [0.2, 0.25) is 0 Å². The van der Waals surface area contributed by atoms with Crippen LogP contribution in [0, 0.1) is 0 Å². The molecule has 1 aliphatic heterocycles. The Kier molecular flexibility index (Phi) is 3.33. The number of carbonyl (C=O) groups is 2. The average Bonchev–Trinajstić information content (AvgIpc) is 2.46. The minimum atomic E-state index is -0.994. The normalized spacial score (nSPS) is 22.0. The van der Waals surface area contributed by atoms with E-state index in [1.165, 1.54) is 0 Å². The number of aromatic nitrogens is 1. The van der Waals surface area contributed by atoms with Gasteiger partial charge < -0.3 is 10.4 Å². The van der Waals surface area contributed by atoms with Crippen molar-refractivity contribution in [3.63, 3.8) is 0 Å². The summed E-state index contributed by atoms with van der Waals surface area (Å²) in [5.74, 6) is -1.46. The van der Waals surface area contributed by atoms with Gasteiger partial charge in [-0.1, -0.05) is 0 Å². The van der Waals surface area contributed by atoms with Crippen molar-refractivity contribution in [3.8, 4) is 0 Å². The number of allylic oxidation sites excluding steroid dienone is 3. The summed E-state index contributed by atoms with van der Waals surface area (Å²) in [6.07, 6.45) is 5.32. The van der Waals surface area contributed by atoms with Gasteiger partial charge >= 0.3 is 5.97 Å². The van der Waals surface area contributed by atoms with Crippen LogP contribution in [0.4, 0.5) is 0 Å². The van der Waals surface area contributed by atoms with Crippen molar-refractivity contribution in [3.05, 3.63) is 52.6 Å². The number of dihydropyridines is 1. The molecule has 21 heavy (non-hydrogen) atoms. The molecule has 5 heteroatoms. The Balaban J connectivity index is 2.20. The van der Waals surface area contributed by atoms with E-state index in [0.29, 0.717) is 17.7 Å². The number of aliphatic carboxylic acids is 1. The number of carboxylic acids is 1. The molecule has 0 saturated carbocycles. The lowest BCUT2D eigenvalue weighted by atomic mass is 9.75. The summed E-state index contributed by atoms with van der Waals surface area (Å²) >= 11 is 0. The lowest BCUT2D eigenvalue weighted by Gasteiger charge is -2.33. The second-order valence-electron chi connectivity index (χ2n) is 5.35. The number of nitrogens with zero attached hydrogens (tertiary/aromatic N) is 1. The van der Waals surface area contributed by atoms with Crippen molar-refractivity contribution in [2.75, 3.05) is 0 Å². The minimum absolute atomic E-state index is 0.0387. The Bertz CT molecular complexity index is 674. The summed E-state index contributed by atoms with van der Waals surface area (Å²) in [6, 6.07) is 3.55. The van der Waals surface area contributed by atoms with E-state index in [-0.39, 0.29) is 11.4 Å². The second kappa shape index (κ2) is 5.16. The van der Waals surface area contributed by atoms with E-state index in [2.05, 4.69) is 10.3 Å². The minimum Gasteiger partial charge on any atom is -0.478 e. The molecular weight excluding hydrogens is 268 g/mol. The van der Waals surface area contributed by atoms with E-state index in [4.69, 9.17) is 0 Å². The summed E-state index contributed by atoms with van der Waals surface area (Å²) < 4.78 is 0. The molecule has 1 aliphatic carbocycles. The van der Waals surface area contributed by atoms with Crippen LogP contribution in [0.1, 0.15) is 37.7 Å². The third-order valence-corrected chi connectivity index (χ3v) is 4.05. The third kappa shape index (κ3) is 2.24. The van der Waals surface area contributed by atoms with E-state index in [9.17, 15) is 14.7 Å². The van der Waals surface area contributed by atoms with Crippen LogP contribution in [0.3, 0.4) is 0 Å². The maximum atomic E-state index is 12.4. The number of pyridine rings is 1. The maximum absolute atomic E-state index is 12.4. The van der Waals surface area contributed by atoms with E-state index in [1.807, 2.05) is 0 Å². The number of nitrogens with one attached hydrogen (secondary N) is 1. The highest BCUT2D eigenvalue weighted by Gasteiger charge is 2.38. The quantitative estimate of drug-likeness (QED) is 0.869. The van der Waals surface area contributed by atoms with E-state index < -0.39 is 11.9 Å². The molecule has 1 atom stereocenters. The molecule has 5 nitrogen and oxygen atoms in total. The zero-order valence-corrected chi connectivity index (χ0v) is 11.7. The molecule has 2 aliphatic rings. The van der Waals surface area contributed by atoms with Gasteiger partial charge in [-0.2, -0.15) is 0 Å². The summed E-state index contributed by atoms with van der Waals surface area (Å²) in [6.45, 7) is 1.75. The smallest absolute Gasteiger partial charge is 0.334 e. The third-order valence-electron chi connectivity index (χ3n) is 4.05. The number of hydrogen-bond donors (Lipinski definition) is 2. The molecule has 0 aromatic carbocycles. The molecule has 0 bridgehead atoms. The first kappa shape index (κ1) is 13.5. The van der Waals surface area contributed by atoms with Crippen LogP contribution >= 0.6 is 0 Å². The summed E-state index contributed by atoms with van der Waals surface area (Å²) in [5, 5.41) is 12.7. The number of Topliss-reactive ketones (excluding diaryl/α,β-unsaturated/α-hetero) is 1. The number of rotatable bonds is 2. The van der Waals surface area contributed by atoms with Gasteiger partial charge in [-0.3, -0.25) is 9.78 Å². The summed E-state index contributed by atoms with van der Waals surface area (Å²) in [4.78, 5) is 28.0. The molecule has 3 rings (SSSR count). The molecule has 0 saturated heterocycles. The first-order chi connectivity index (χ1) is 10.1. The molecule has 1 aromatic heterocycles. The predicted molar refractivity (Wildman–Crippen MR) is 76.3 cm³/mol. The highest BCUT2D eigenvalue weighted by atomic mass is 16.4. The lowest BCUT2D eigenvalue weighted by Crippen LogP contribution is -2.33. The van der Waals surface area contributed by atoms with Crippen LogP contribution < -0.4 is 5.32 Å². The predicted octanol–water partition coefficient (Wildman–Crippen LogP) is 2.13. The second-order valence-corrected chi connectivity index (χ2v) is 5.35. The Morgan fingerprint density at radius 1 is 1.33 bits per heavy atom. The molecule has 0 amide bonds. The molecule has 1 unspecified atom stereocenters. The van der Waals surface area contributed by atoms with Gasteiger partial charge in [0.25, 0.3) is 0 Å². The van der Waals surface area contributed by atoms with Gasteiger partial charge in [0, 0.05) is 41.7 Å². The fraction of sp³-hybridized carbons (Fsp3) is 0.312. The Morgan fingerprint density at radius 2 is 2.05 bits per heavy atom. The SMILES string of the molecule is CC1=C(C(=O)O)C(c2ccncc2)C2=C(CCCC2=O)N1. The Hall–Kier alpha value is -2.43. The highest BCUT2D eigenvalue weighted by Crippen LogP contribution is 2.41. The van der Waals surface area contributed by atoms with Crippen molar-refractivity contribution < 1.29 is 14.7 Å². The topological polar surface area (TPSA) is 79.3 Å². The summed E-state index contributed by atoms with van der Waals surface area (Å²) in [5.41, 5.74) is 3.13. The van der Waals surface area contributed by atoms with Gasteiger partial charge in [0.2, 0.25) is 0 Å². The highest BCUT2D eigenvalue weighted by molar-refractivity contribution is 6.03. The van der Waals surface area contributed by atoms with E-state index in [1.54, 1.807) is 31.5 Å². The van der Waals surface area contributed by atoms with Crippen molar-refractivity contribution in [2.45, 2.75) is 32.1 Å². The van der Waals surface area contributed by atoms with Crippen molar-refractivity contribution in [2.24, 2.45) is 0 Å². The first-order valence-electron chi connectivity index (χ1n) is 6.97. The van der Waals surface area contributed by atoms with Gasteiger partial charge in [0.1, 0.15) is 0 Å². The fourth-order valence-electron chi connectivity index (χ4n) is 3.16. The number of hydrogen-bond acceptors (Lipinski definition) is 4. The summed E-state index contributed by atoms with van der Waals surface area (Å²) in [7, 11) is 0. The van der Waals surface area contributed by atoms with Gasteiger partial charge in [0.05, 0.1) is 5.57 Å². The molecule has 2 heterocycles. The van der Waals surface area contributed by atoms with Crippen LogP contribution in [-0.4, -0.2) is 21.8 Å². The van der Waals surface area contributed by atoms with Crippen molar-refractivity contribution in [1.82, 2.24) is 10.3 Å². The van der Waals surface area contributed by atoms with Crippen LogP contribution in [0.5, 0.6) is 0 Å². The van der Waals surface area contributed by atoms with E-state index >= 15 is 0 Å². The number of ketones is 1. The molecular formula is C16H16N2O3. The van der Waals surface area contributed by atoms with Crippen LogP contribution in [0.15, 0.2) is 47.1 Å². The van der Waals surface area contributed by atoms with Gasteiger partial charge in [-0.05, 0) is 37.5 Å². The average molecular weight is 284 g/mol. The molecule has 108 valence electrons. The molecule has 0 fully saturated rings. The fourth-order valence-corrected chi connectivity index (χ4v) is 3.16. The van der Waals surface area contributed by atoms with Crippen molar-refractivity contribution in [1.29, 1.82) is 0 Å². The monoisotopic (exact) mass is 284 g/mol. The van der Waals surface area contributed by atoms with Gasteiger partial charge in [-0.25, -0.2) is 4.79 Å². The molecule has 0 radical (unpaired) electrons. The Morgan fingerprint density at radius 3 is 2.71 bits per heavy atom. The van der Waals surface area contributed by atoms with Crippen LogP contribution in [-0.2, 0) is 9.59 Å². The lowest BCUT2D eigenvalue weighted by molar-refractivity contribution is -0.133. The molecule has 0 spiro atoms. The van der Waals surface area contributed by atoms with Crippen molar-refractivity contribution >= 4 is 11.8 Å². The first-order valence-corrected chi connectivity index (χ1v) is 6.97. The largest absolute Gasteiger partial charge is 0.478 e. The number of carboxylic acid groups (broad SMARTS) is 1. The standard InChI is InChI=1S/C16H16N2O3/c1-9-13(16(20)21)14(10-5-7-17-8-6-10)15-11(18-9)3-2-4-12(15)19/h5-8,14,18H,2-4H2,1H3,(H,20,21). The molecule has 1 aromatic rings.